The van der Waals surface area contributed by atoms with Gasteiger partial charge in [0.25, 0.3) is 0 Å². The standard InChI is InChI=1S/C15H18N2/c1-6-10-12-11(5)16-14(8-3)15(9-4)17-13(12)7-2/h6-10,16H,2-4H2,1,5H3/b10-6-. The quantitative estimate of drug-likeness (QED) is 0.777. The van der Waals surface area contributed by atoms with Gasteiger partial charge in [-0.05, 0) is 32.1 Å². The maximum Gasteiger partial charge on any atom is 0.0865 e. The smallest absolute Gasteiger partial charge is 0.0865 e. The van der Waals surface area contributed by atoms with E-state index in [2.05, 4.69) is 30.0 Å². The van der Waals surface area contributed by atoms with E-state index in [0.29, 0.717) is 0 Å². The fourth-order valence-electron chi connectivity index (χ4n) is 1.62. The van der Waals surface area contributed by atoms with Crippen LogP contribution < -0.4 is 5.32 Å². The van der Waals surface area contributed by atoms with E-state index < -0.39 is 0 Å². The van der Waals surface area contributed by atoms with Gasteiger partial charge in [-0.25, -0.2) is 4.99 Å². The van der Waals surface area contributed by atoms with Gasteiger partial charge in [0.2, 0.25) is 0 Å². The fraction of sp³-hybridized carbons (Fsp3) is 0.133. The Balaban J connectivity index is 3.45. The first-order valence-electron chi connectivity index (χ1n) is 5.49. The number of allylic oxidation sites excluding steroid dienone is 7. The molecule has 0 aliphatic carbocycles. The normalized spacial score (nSPS) is 16.5. The Morgan fingerprint density at radius 3 is 2.29 bits per heavy atom. The molecule has 0 radical (unpaired) electrons. The van der Waals surface area contributed by atoms with Crippen molar-refractivity contribution in [2.75, 3.05) is 0 Å². The molecule has 0 saturated carbocycles. The topological polar surface area (TPSA) is 24.4 Å². The van der Waals surface area contributed by atoms with Gasteiger partial charge < -0.3 is 5.32 Å². The van der Waals surface area contributed by atoms with Crippen molar-refractivity contribution in [3.63, 3.8) is 0 Å². The summed E-state index contributed by atoms with van der Waals surface area (Å²) < 4.78 is 0. The molecule has 0 aromatic carbocycles. The van der Waals surface area contributed by atoms with E-state index in [4.69, 9.17) is 0 Å². The lowest BCUT2D eigenvalue weighted by Crippen LogP contribution is -2.12. The highest BCUT2D eigenvalue weighted by Gasteiger charge is 2.12. The van der Waals surface area contributed by atoms with Crippen molar-refractivity contribution in [2.24, 2.45) is 4.99 Å². The van der Waals surface area contributed by atoms with Crippen LogP contribution in [-0.2, 0) is 0 Å². The van der Waals surface area contributed by atoms with Crippen LogP contribution in [0.1, 0.15) is 13.8 Å². The van der Waals surface area contributed by atoms with Gasteiger partial charge >= 0.3 is 0 Å². The third-order valence-electron chi connectivity index (χ3n) is 2.44. The molecule has 0 unspecified atom stereocenters. The first-order valence-corrected chi connectivity index (χ1v) is 5.49. The molecule has 2 heteroatoms. The zero-order valence-corrected chi connectivity index (χ0v) is 10.5. The molecule has 0 saturated heterocycles. The predicted octanol–water partition coefficient (Wildman–Crippen LogP) is 3.65. The van der Waals surface area contributed by atoms with Gasteiger partial charge in [-0.2, -0.15) is 0 Å². The van der Waals surface area contributed by atoms with Crippen molar-refractivity contribution >= 4 is 5.71 Å². The Morgan fingerprint density at radius 1 is 1.12 bits per heavy atom. The molecule has 0 amide bonds. The second-order valence-electron chi connectivity index (χ2n) is 3.57. The molecule has 1 rings (SSSR count). The highest BCUT2D eigenvalue weighted by atomic mass is 14.9. The van der Waals surface area contributed by atoms with Gasteiger partial charge in [0.1, 0.15) is 0 Å². The van der Waals surface area contributed by atoms with Crippen LogP contribution in [0, 0.1) is 0 Å². The molecule has 1 N–H and O–H groups in total. The summed E-state index contributed by atoms with van der Waals surface area (Å²) in [6.45, 7) is 15.3. The molecule has 17 heavy (non-hydrogen) atoms. The van der Waals surface area contributed by atoms with Gasteiger partial charge in [0.05, 0.1) is 17.1 Å². The Morgan fingerprint density at radius 2 is 1.82 bits per heavy atom. The highest BCUT2D eigenvalue weighted by molar-refractivity contribution is 6.11. The molecule has 0 bridgehead atoms. The van der Waals surface area contributed by atoms with Crippen molar-refractivity contribution < 1.29 is 0 Å². The van der Waals surface area contributed by atoms with Gasteiger partial charge in [0, 0.05) is 11.3 Å². The van der Waals surface area contributed by atoms with E-state index in [1.54, 1.807) is 18.2 Å². The lowest BCUT2D eigenvalue weighted by atomic mass is 10.1. The average Bonchev–Trinajstić information content (AvgIpc) is 2.47. The van der Waals surface area contributed by atoms with E-state index in [9.17, 15) is 0 Å². The molecule has 0 aromatic rings. The van der Waals surface area contributed by atoms with E-state index in [1.165, 1.54) is 0 Å². The van der Waals surface area contributed by atoms with Gasteiger partial charge in [-0.15, -0.1) is 0 Å². The summed E-state index contributed by atoms with van der Waals surface area (Å²) in [5.41, 5.74) is 4.51. The minimum Gasteiger partial charge on any atom is -0.357 e. The minimum atomic E-state index is 0.772. The van der Waals surface area contributed by atoms with Crippen molar-refractivity contribution in [3.8, 4) is 0 Å². The Hall–Kier alpha value is -2.09. The van der Waals surface area contributed by atoms with Crippen LogP contribution in [0.5, 0.6) is 0 Å². The molecule has 0 spiro atoms. The van der Waals surface area contributed by atoms with E-state index in [-0.39, 0.29) is 0 Å². The molecule has 0 atom stereocenters. The third kappa shape index (κ3) is 2.72. The summed E-state index contributed by atoms with van der Waals surface area (Å²) >= 11 is 0. The summed E-state index contributed by atoms with van der Waals surface area (Å²) in [6.07, 6.45) is 9.18. The zero-order chi connectivity index (χ0) is 12.8. The maximum absolute atomic E-state index is 4.53. The summed E-state index contributed by atoms with van der Waals surface area (Å²) in [6, 6.07) is 0. The van der Waals surface area contributed by atoms with Gasteiger partial charge in [0.15, 0.2) is 0 Å². The van der Waals surface area contributed by atoms with Crippen LogP contribution in [0.2, 0.25) is 0 Å². The molecular formula is C15H18N2. The van der Waals surface area contributed by atoms with E-state index in [1.807, 2.05) is 26.0 Å². The molecule has 0 aromatic heterocycles. The van der Waals surface area contributed by atoms with Crippen LogP contribution in [0.15, 0.2) is 77.8 Å². The highest BCUT2D eigenvalue weighted by Crippen LogP contribution is 2.18. The van der Waals surface area contributed by atoms with Gasteiger partial charge in [-0.3, -0.25) is 0 Å². The van der Waals surface area contributed by atoms with E-state index in [0.717, 1.165) is 28.4 Å². The minimum absolute atomic E-state index is 0.772. The lowest BCUT2D eigenvalue weighted by molar-refractivity contribution is 0.985. The van der Waals surface area contributed by atoms with Crippen molar-refractivity contribution in [2.45, 2.75) is 13.8 Å². The number of nitrogens with one attached hydrogen (secondary N) is 1. The number of rotatable bonds is 4. The third-order valence-corrected chi connectivity index (χ3v) is 2.44. The van der Waals surface area contributed by atoms with Crippen LogP contribution in [-0.4, -0.2) is 5.71 Å². The van der Waals surface area contributed by atoms with Crippen LogP contribution in [0.3, 0.4) is 0 Å². The number of nitrogens with zero attached hydrogens (tertiary/aromatic N) is 1. The number of aliphatic imine (C=N–C) groups is 1. The molecule has 1 aliphatic heterocycles. The zero-order valence-electron chi connectivity index (χ0n) is 10.5. The van der Waals surface area contributed by atoms with Crippen molar-refractivity contribution in [1.29, 1.82) is 0 Å². The van der Waals surface area contributed by atoms with Crippen LogP contribution in [0.25, 0.3) is 0 Å². The second-order valence-corrected chi connectivity index (χ2v) is 3.57. The molecule has 2 nitrogen and oxygen atoms in total. The summed E-state index contributed by atoms with van der Waals surface area (Å²) in [5.74, 6) is 0. The van der Waals surface area contributed by atoms with Gasteiger partial charge in [-0.1, -0.05) is 31.9 Å². The molecule has 1 heterocycles. The molecule has 88 valence electrons. The Bertz CT molecular complexity index is 471. The molecular weight excluding hydrogens is 208 g/mol. The van der Waals surface area contributed by atoms with Crippen LogP contribution >= 0.6 is 0 Å². The number of hydrogen-bond donors (Lipinski definition) is 1. The van der Waals surface area contributed by atoms with Crippen molar-refractivity contribution in [3.05, 3.63) is 72.8 Å². The molecule has 1 aliphatic rings. The fourth-order valence-corrected chi connectivity index (χ4v) is 1.62. The van der Waals surface area contributed by atoms with Crippen molar-refractivity contribution in [1.82, 2.24) is 5.32 Å². The number of hydrogen-bond acceptors (Lipinski definition) is 2. The largest absolute Gasteiger partial charge is 0.357 e. The summed E-state index contributed by atoms with van der Waals surface area (Å²) in [7, 11) is 0. The Kier molecular flexibility index (Phi) is 4.46. The first-order chi connectivity index (χ1) is 8.17. The predicted molar refractivity (Wildman–Crippen MR) is 75.7 cm³/mol. The van der Waals surface area contributed by atoms with Crippen LogP contribution in [0.4, 0.5) is 0 Å². The Labute approximate surface area is 103 Å². The molecule has 0 fully saturated rings. The summed E-state index contributed by atoms with van der Waals surface area (Å²) in [4.78, 5) is 4.53. The average molecular weight is 226 g/mol. The second kappa shape index (κ2) is 5.85. The van der Waals surface area contributed by atoms with E-state index >= 15 is 0 Å². The lowest BCUT2D eigenvalue weighted by Gasteiger charge is -2.08. The monoisotopic (exact) mass is 226 g/mol. The maximum atomic E-state index is 4.53. The SMILES string of the molecule is C=CC1=NC(C=C)=C(C=C)NC(C)=C1/C=C\C. The summed E-state index contributed by atoms with van der Waals surface area (Å²) in [5, 5.41) is 3.29. The first kappa shape index (κ1) is 13.0.